The summed E-state index contributed by atoms with van der Waals surface area (Å²) >= 11 is 3.43. The summed E-state index contributed by atoms with van der Waals surface area (Å²) < 4.78 is 6.75. The van der Waals surface area contributed by atoms with Crippen LogP contribution in [-0.4, -0.2) is 38.8 Å². The van der Waals surface area contributed by atoms with E-state index in [0.717, 1.165) is 35.3 Å². The molecule has 1 aromatic rings. The highest BCUT2D eigenvalue weighted by Gasteiger charge is 2.20. The van der Waals surface area contributed by atoms with E-state index in [1.54, 1.807) is 0 Å². The molecule has 1 aliphatic rings. The molecule has 0 radical (unpaired) electrons. The van der Waals surface area contributed by atoms with E-state index in [1.165, 1.54) is 17.7 Å². The quantitative estimate of drug-likeness (QED) is 0.845. The molecule has 1 saturated heterocycles. The lowest BCUT2D eigenvalue weighted by molar-refractivity contribution is -0.874. The number of quaternary nitrogens is 1. The molecule has 1 aromatic carbocycles. The maximum atomic E-state index is 12.1. The third kappa shape index (κ3) is 5.41. The van der Waals surface area contributed by atoms with E-state index in [-0.39, 0.29) is 5.91 Å². The molecule has 0 aromatic heterocycles. The SMILES string of the molecule is Cc1cc(Br)ccc1NC(=O)C[NH+](C)C[C@H]1CCCCO1. The first-order chi connectivity index (χ1) is 10.0. The first-order valence-electron chi connectivity index (χ1n) is 7.53. The topological polar surface area (TPSA) is 42.8 Å². The molecule has 0 aliphatic carbocycles. The van der Waals surface area contributed by atoms with Crippen molar-refractivity contribution >= 4 is 27.5 Å². The summed E-state index contributed by atoms with van der Waals surface area (Å²) in [6.07, 6.45) is 3.83. The van der Waals surface area contributed by atoms with Gasteiger partial charge in [-0.25, -0.2) is 0 Å². The van der Waals surface area contributed by atoms with Crippen molar-refractivity contribution in [1.29, 1.82) is 0 Å². The standard InChI is InChI=1S/C16H23BrN2O2/c1-12-9-13(17)6-7-15(12)18-16(20)11-19(2)10-14-5-3-4-8-21-14/h6-7,9,14H,3-5,8,10-11H2,1-2H3,(H,18,20)/p+1/t14-/m1/s1. The normalized spacial score (nSPS) is 20.0. The van der Waals surface area contributed by atoms with Gasteiger partial charge in [0, 0.05) is 16.8 Å². The van der Waals surface area contributed by atoms with Gasteiger partial charge in [0.15, 0.2) is 6.54 Å². The second-order valence-corrected chi connectivity index (χ2v) is 6.75. The largest absolute Gasteiger partial charge is 0.372 e. The minimum absolute atomic E-state index is 0.0498. The van der Waals surface area contributed by atoms with Crippen LogP contribution in [0.3, 0.4) is 0 Å². The lowest BCUT2D eigenvalue weighted by Crippen LogP contribution is -3.11. The molecule has 2 atom stereocenters. The Bertz CT molecular complexity index is 487. The van der Waals surface area contributed by atoms with E-state index in [4.69, 9.17) is 4.74 Å². The van der Waals surface area contributed by atoms with Gasteiger partial charge in [-0.05, 0) is 49.9 Å². The van der Waals surface area contributed by atoms with E-state index in [0.29, 0.717) is 12.6 Å². The number of nitrogens with one attached hydrogen (secondary N) is 2. The second-order valence-electron chi connectivity index (χ2n) is 5.83. The van der Waals surface area contributed by atoms with Crippen LogP contribution >= 0.6 is 15.9 Å². The van der Waals surface area contributed by atoms with Crippen LogP contribution in [0.5, 0.6) is 0 Å². The Labute approximate surface area is 135 Å². The van der Waals surface area contributed by atoms with Crippen LogP contribution in [0.4, 0.5) is 5.69 Å². The molecule has 4 nitrogen and oxygen atoms in total. The molecule has 1 aliphatic heterocycles. The van der Waals surface area contributed by atoms with Crippen LogP contribution in [0.1, 0.15) is 24.8 Å². The Hall–Kier alpha value is -0.910. The van der Waals surface area contributed by atoms with Crippen molar-refractivity contribution in [3.05, 3.63) is 28.2 Å². The number of hydrogen-bond acceptors (Lipinski definition) is 2. The first kappa shape index (κ1) is 16.5. The van der Waals surface area contributed by atoms with E-state index in [2.05, 4.69) is 21.2 Å². The lowest BCUT2D eigenvalue weighted by Gasteiger charge is -2.25. The van der Waals surface area contributed by atoms with Crippen LogP contribution in [0, 0.1) is 6.92 Å². The molecule has 2 N–H and O–H groups in total. The third-order valence-corrected chi connectivity index (χ3v) is 4.27. The summed E-state index contributed by atoms with van der Waals surface area (Å²) in [7, 11) is 2.05. The minimum atomic E-state index is 0.0498. The molecule has 21 heavy (non-hydrogen) atoms. The highest BCUT2D eigenvalue weighted by atomic mass is 79.9. The zero-order valence-corrected chi connectivity index (χ0v) is 14.3. The van der Waals surface area contributed by atoms with Crippen molar-refractivity contribution in [2.24, 2.45) is 0 Å². The molecular weight excluding hydrogens is 332 g/mol. The van der Waals surface area contributed by atoms with Crippen LogP contribution in [0.25, 0.3) is 0 Å². The van der Waals surface area contributed by atoms with Crippen molar-refractivity contribution in [3.8, 4) is 0 Å². The number of likely N-dealkylation sites (N-methyl/N-ethyl adjacent to an activating group) is 1. The summed E-state index contributed by atoms with van der Waals surface area (Å²) in [6.45, 7) is 4.22. The van der Waals surface area contributed by atoms with Gasteiger partial charge >= 0.3 is 0 Å². The first-order valence-corrected chi connectivity index (χ1v) is 8.33. The number of benzene rings is 1. The number of rotatable bonds is 5. The molecule has 2 rings (SSSR count). The average Bonchev–Trinajstić information content (AvgIpc) is 2.43. The van der Waals surface area contributed by atoms with Crippen molar-refractivity contribution in [3.63, 3.8) is 0 Å². The molecule has 1 heterocycles. The molecule has 1 fully saturated rings. The predicted molar refractivity (Wildman–Crippen MR) is 87.7 cm³/mol. The molecule has 116 valence electrons. The van der Waals surface area contributed by atoms with Crippen LogP contribution in [-0.2, 0) is 9.53 Å². The fraction of sp³-hybridized carbons (Fsp3) is 0.562. The Morgan fingerprint density at radius 2 is 2.29 bits per heavy atom. The maximum absolute atomic E-state index is 12.1. The monoisotopic (exact) mass is 355 g/mol. The van der Waals surface area contributed by atoms with Crippen LogP contribution in [0.15, 0.2) is 22.7 Å². The number of halogens is 1. The summed E-state index contributed by atoms with van der Waals surface area (Å²) in [5, 5.41) is 2.98. The smallest absolute Gasteiger partial charge is 0.279 e. The van der Waals surface area contributed by atoms with Crippen molar-refractivity contribution in [1.82, 2.24) is 0 Å². The molecule has 5 heteroatoms. The molecule has 1 amide bonds. The predicted octanol–water partition coefficient (Wildman–Crippen LogP) is 1.78. The van der Waals surface area contributed by atoms with Crippen molar-refractivity contribution < 1.29 is 14.4 Å². The molecule has 0 spiro atoms. The number of anilines is 1. The van der Waals surface area contributed by atoms with Gasteiger partial charge in [-0.3, -0.25) is 4.79 Å². The zero-order chi connectivity index (χ0) is 15.2. The highest BCUT2D eigenvalue weighted by Crippen LogP contribution is 2.19. The van der Waals surface area contributed by atoms with Gasteiger partial charge < -0.3 is 15.0 Å². The van der Waals surface area contributed by atoms with E-state index in [9.17, 15) is 4.79 Å². The number of amides is 1. The van der Waals surface area contributed by atoms with Crippen molar-refractivity contribution in [2.75, 3.05) is 32.1 Å². The minimum Gasteiger partial charge on any atom is -0.372 e. The Morgan fingerprint density at radius 3 is 2.95 bits per heavy atom. The van der Waals surface area contributed by atoms with Gasteiger partial charge in [0.1, 0.15) is 12.6 Å². The number of carbonyl (C=O) groups is 1. The van der Waals surface area contributed by atoms with Crippen LogP contribution in [0.2, 0.25) is 0 Å². The second kappa shape index (κ2) is 7.92. The fourth-order valence-corrected chi connectivity index (χ4v) is 3.14. The Morgan fingerprint density at radius 1 is 1.48 bits per heavy atom. The van der Waals surface area contributed by atoms with Crippen molar-refractivity contribution in [2.45, 2.75) is 32.3 Å². The van der Waals surface area contributed by atoms with Gasteiger partial charge in [0.25, 0.3) is 5.91 Å². The lowest BCUT2D eigenvalue weighted by atomic mass is 10.1. The van der Waals surface area contributed by atoms with Gasteiger partial charge in [0.2, 0.25) is 0 Å². The van der Waals surface area contributed by atoms with E-state index >= 15 is 0 Å². The van der Waals surface area contributed by atoms with E-state index in [1.807, 2.05) is 32.2 Å². The highest BCUT2D eigenvalue weighted by molar-refractivity contribution is 9.10. The summed E-state index contributed by atoms with van der Waals surface area (Å²) in [5.74, 6) is 0.0498. The molecule has 0 saturated carbocycles. The number of aryl methyl sites for hydroxylation is 1. The van der Waals surface area contributed by atoms with Gasteiger partial charge in [-0.2, -0.15) is 0 Å². The van der Waals surface area contributed by atoms with Gasteiger partial charge in [-0.15, -0.1) is 0 Å². The number of hydrogen-bond donors (Lipinski definition) is 2. The fourth-order valence-electron chi connectivity index (χ4n) is 2.67. The third-order valence-electron chi connectivity index (χ3n) is 3.77. The summed E-state index contributed by atoms with van der Waals surface area (Å²) in [5.41, 5.74) is 1.94. The Balaban J connectivity index is 1.80. The van der Waals surface area contributed by atoms with Gasteiger partial charge in [0.05, 0.1) is 7.05 Å². The molecule has 0 bridgehead atoms. The van der Waals surface area contributed by atoms with Crippen LogP contribution < -0.4 is 10.2 Å². The summed E-state index contributed by atoms with van der Waals surface area (Å²) in [6, 6.07) is 5.87. The summed E-state index contributed by atoms with van der Waals surface area (Å²) in [4.78, 5) is 13.3. The maximum Gasteiger partial charge on any atom is 0.279 e. The van der Waals surface area contributed by atoms with E-state index < -0.39 is 0 Å². The molecule has 1 unspecified atom stereocenters. The molecular formula is C16H24BrN2O2+. The average molecular weight is 356 g/mol. The zero-order valence-electron chi connectivity index (χ0n) is 12.7. The number of carbonyl (C=O) groups excluding carboxylic acids is 1. The Kier molecular flexibility index (Phi) is 6.21. The number of ether oxygens (including phenoxy) is 1. The van der Waals surface area contributed by atoms with Gasteiger partial charge in [-0.1, -0.05) is 15.9 Å².